The predicted octanol–water partition coefficient (Wildman–Crippen LogP) is 6.38. The van der Waals surface area contributed by atoms with Gasteiger partial charge in [0.15, 0.2) is 34.2 Å². The third kappa shape index (κ3) is 10.5. The Hall–Kier alpha value is -2.35. The van der Waals surface area contributed by atoms with Crippen LogP contribution >= 0.6 is 0 Å². The molecule has 302 valence electrons. The van der Waals surface area contributed by atoms with Crippen LogP contribution in [0.3, 0.4) is 0 Å². The van der Waals surface area contributed by atoms with Crippen molar-refractivity contribution in [1.29, 1.82) is 0 Å². The first-order valence-corrected chi connectivity index (χ1v) is 26.0. The molecule has 2 aliphatic rings. The number of aromatic nitrogens is 2. The van der Waals surface area contributed by atoms with Crippen molar-refractivity contribution >= 4 is 32.5 Å². The van der Waals surface area contributed by atoms with E-state index in [0.29, 0.717) is 24.4 Å². The molecule has 1 aromatic heterocycles. The van der Waals surface area contributed by atoms with Crippen molar-refractivity contribution in [2.24, 2.45) is 5.73 Å². The SMILES string of the molecule is CC(=O)/C=C(\C)OCCCCCCCCn1c(=O)c(C)cn([C@@H]2O[C@H](CO[Si](C)(C)C(C)(C)C)C3(OS(=O)(=O)C=C3N)[C@H]2O[Si](C)(C)C(C)(C)C)c1=O. The molecule has 2 aliphatic heterocycles. The first kappa shape index (κ1) is 45.0. The van der Waals surface area contributed by atoms with Gasteiger partial charge in [-0.25, -0.2) is 8.98 Å². The molecule has 1 aromatic rings. The van der Waals surface area contributed by atoms with Crippen molar-refractivity contribution in [3.05, 3.63) is 55.5 Å². The molecule has 16 heteroatoms. The fourth-order valence-electron chi connectivity index (χ4n) is 5.99. The van der Waals surface area contributed by atoms with Gasteiger partial charge in [-0.1, -0.05) is 67.2 Å². The maximum absolute atomic E-state index is 14.3. The lowest BCUT2D eigenvalue weighted by Crippen LogP contribution is -2.59. The topological polar surface area (TPSA) is 167 Å². The number of unbranched alkanes of at least 4 members (excludes halogenated alkanes) is 5. The van der Waals surface area contributed by atoms with Crippen LogP contribution in [0.4, 0.5) is 0 Å². The van der Waals surface area contributed by atoms with Crippen molar-refractivity contribution in [2.45, 2.75) is 168 Å². The summed E-state index contributed by atoms with van der Waals surface area (Å²) in [6.45, 7) is 26.3. The monoisotopic (exact) mass is 799 g/mol. The normalized spacial score (nSPS) is 23.8. The van der Waals surface area contributed by atoms with Crippen LogP contribution in [0.2, 0.25) is 36.3 Å². The number of allylic oxidation sites excluding steroid dienone is 2. The number of rotatable bonds is 17. The average molecular weight is 800 g/mol. The minimum Gasteiger partial charge on any atom is -0.498 e. The van der Waals surface area contributed by atoms with E-state index < -0.39 is 62.0 Å². The predicted molar refractivity (Wildman–Crippen MR) is 212 cm³/mol. The molecule has 1 saturated heterocycles. The van der Waals surface area contributed by atoms with E-state index in [4.69, 9.17) is 28.2 Å². The van der Waals surface area contributed by atoms with Gasteiger partial charge >= 0.3 is 5.69 Å². The van der Waals surface area contributed by atoms with Gasteiger partial charge in [0, 0.05) is 24.4 Å². The van der Waals surface area contributed by atoms with E-state index in [1.807, 2.05) is 13.1 Å². The van der Waals surface area contributed by atoms with Gasteiger partial charge in [-0.3, -0.25) is 18.7 Å². The van der Waals surface area contributed by atoms with Gasteiger partial charge in [0.1, 0.15) is 12.2 Å². The molecule has 0 aliphatic carbocycles. The standard InChI is InChI=1S/C37H65N3O10SSi2/c1-26-23-40(34(43)39(32(26)42)20-18-16-14-15-17-19-21-46-28(3)22-27(2)41)33-31(49-53(12,13)36(7,8)9)37(29(38)25-51(44,45)50-37)30(48-33)24-47-52(10,11)35(4,5)6/h22-23,25,30-31,33H,14-21,24,38H2,1-13H3/b28-22+/t30-,31+,33-,37?/m1/s1. The Labute approximate surface area is 318 Å². The fourth-order valence-corrected chi connectivity index (χ4v) is 9.50. The Balaban J connectivity index is 1.95. The minimum atomic E-state index is -4.24. The minimum absolute atomic E-state index is 0.0445. The molecule has 4 atom stereocenters. The summed E-state index contributed by atoms with van der Waals surface area (Å²) in [6, 6.07) is 0. The van der Waals surface area contributed by atoms with Crippen LogP contribution in [0.1, 0.15) is 106 Å². The van der Waals surface area contributed by atoms with Gasteiger partial charge in [-0.15, -0.1) is 0 Å². The van der Waals surface area contributed by atoms with Crippen LogP contribution in [0.5, 0.6) is 0 Å². The van der Waals surface area contributed by atoms with Crippen LogP contribution < -0.4 is 17.0 Å². The smallest absolute Gasteiger partial charge is 0.333 e. The molecule has 3 heterocycles. The van der Waals surface area contributed by atoms with E-state index in [1.54, 1.807) is 13.8 Å². The summed E-state index contributed by atoms with van der Waals surface area (Å²) in [7, 11) is -9.35. The van der Waals surface area contributed by atoms with Gasteiger partial charge in [0.25, 0.3) is 15.7 Å². The largest absolute Gasteiger partial charge is 0.498 e. The van der Waals surface area contributed by atoms with Gasteiger partial charge in [0.05, 0.1) is 30.1 Å². The highest BCUT2D eigenvalue weighted by Crippen LogP contribution is 2.52. The molecule has 53 heavy (non-hydrogen) atoms. The molecule has 0 bridgehead atoms. The molecular weight excluding hydrogens is 735 g/mol. The van der Waals surface area contributed by atoms with Crippen LogP contribution in [-0.4, -0.2) is 71.0 Å². The molecule has 2 N–H and O–H groups in total. The Morgan fingerprint density at radius 2 is 1.53 bits per heavy atom. The number of aryl methyl sites for hydroxylation is 1. The van der Waals surface area contributed by atoms with E-state index in [-0.39, 0.29) is 34.7 Å². The summed E-state index contributed by atoms with van der Waals surface area (Å²) in [5.41, 5.74) is 4.05. The van der Waals surface area contributed by atoms with Crippen molar-refractivity contribution in [3.63, 3.8) is 0 Å². The zero-order valence-electron chi connectivity index (χ0n) is 34.3. The summed E-state index contributed by atoms with van der Waals surface area (Å²) in [5.74, 6) is 0.565. The highest BCUT2D eigenvalue weighted by Gasteiger charge is 2.67. The molecule has 1 unspecified atom stereocenters. The Morgan fingerprint density at radius 3 is 2.06 bits per heavy atom. The van der Waals surface area contributed by atoms with Crippen molar-refractivity contribution in [3.8, 4) is 0 Å². The van der Waals surface area contributed by atoms with E-state index >= 15 is 0 Å². The number of ketones is 1. The van der Waals surface area contributed by atoms with Gasteiger partial charge in [-0.05, 0) is 69.9 Å². The van der Waals surface area contributed by atoms with Crippen molar-refractivity contribution in [1.82, 2.24) is 9.13 Å². The number of carbonyl (C=O) groups is 1. The second kappa shape index (κ2) is 16.8. The molecule has 1 spiro atoms. The van der Waals surface area contributed by atoms with Crippen molar-refractivity contribution in [2.75, 3.05) is 13.2 Å². The Bertz CT molecular complexity index is 1770. The molecule has 0 aromatic carbocycles. The maximum Gasteiger partial charge on any atom is 0.333 e. The zero-order valence-corrected chi connectivity index (χ0v) is 37.1. The summed E-state index contributed by atoms with van der Waals surface area (Å²) in [6.07, 6.45) is 4.63. The third-order valence-corrected chi connectivity index (χ3v) is 21.2. The van der Waals surface area contributed by atoms with Crippen LogP contribution in [-0.2, 0) is 44.0 Å². The maximum atomic E-state index is 14.3. The zero-order chi connectivity index (χ0) is 40.4. The van der Waals surface area contributed by atoms with E-state index in [9.17, 15) is 22.8 Å². The molecule has 0 saturated carbocycles. The second-order valence-corrected chi connectivity index (χ2v) is 28.6. The molecular formula is C37H65N3O10SSi2. The second-order valence-electron chi connectivity index (χ2n) is 17.6. The van der Waals surface area contributed by atoms with Gasteiger partial charge in [-0.2, -0.15) is 8.42 Å². The average Bonchev–Trinajstić information content (AvgIpc) is 3.43. The fraction of sp³-hybridized carbons (Fsp3) is 0.757. The summed E-state index contributed by atoms with van der Waals surface area (Å²) in [5, 5.41) is 0.419. The number of carbonyl (C=O) groups excluding carboxylic acids is 1. The van der Waals surface area contributed by atoms with Gasteiger partial charge < -0.3 is 24.1 Å². The lowest BCUT2D eigenvalue weighted by atomic mass is 9.89. The van der Waals surface area contributed by atoms with Crippen LogP contribution in [0.15, 0.2) is 38.7 Å². The summed E-state index contributed by atoms with van der Waals surface area (Å²) in [4.78, 5) is 38.9. The van der Waals surface area contributed by atoms with Crippen LogP contribution in [0.25, 0.3) is 0 Å². The molecule has 3 rings (SSSR count). The Morgan fingerprint density at radius 1 is 0.962 bits per heavy atom. The number of hydrogen-bond donors (Lipinski definition) is 1. The number of hydrogen-bond acceptors (Lipinski definition) is 11. The summed E-state index contributed by atoms with van der Waals surface area (Å²) < 4.78 is 60.6. The lowest BCUT2D eigenvalue weighted by Gasteiger charge is -2.43. The first-order chi connectivity index (χ1) is 24.2. The van der Waals surface area contributed by atoms with E-state index in [2.05, 4.69) is 54.6 Å². The molecule has 1 fully saturated rings. The highest BCUT2D eigenvalue weighted by atomic mass is 32.2. The van der Waals surface area contributed by atoms with E-state index in [0.717, 1.165) is 37.5 Å². The van der Waals surface area contributed by atoms with E-state index in [1.165, 1.54) is 28.3 Å². The number of ether oxygens (including phenoxy) is 2. The van der Waals surface area contributed by atoms with Crippen LogP contribution in [0, 0.1) is 6.92 Å². The summed E-state index contributed by atoms with van der Waals surface area (Å²) >= 11 is 0. The first-order valence-electron chi connectivity index (χ1n) is 18.7. The highest BCUT2D eigenvalue weighted by molar-refractivity contribution is 7.90. The van der Waals surface area contributed by atoms with Gasteiger partial charge in [0.2, 0.25) is 0 Å². The molecule has 0 radical (unpaired) electrons. The quantitative estimate of drug-likeness (QED) is 0.0611. The molecule has 0 amide bonds. The number of nitrogens with two attached hydrogens (primary N) is 1. The lowest BCUT2D eigenvalue weighted by molar-refractivity contribution is -0.112. The molecule has 13 nitrogen and oxygen atoms in total. The van der Waals surface area contributed by atoms with Crippen molar-refractivity contribution < 1.29 is 35.7 Å². The number of nitrogens with zero attached hydrogens (tertiary/aromatic N) is 2. The Kier molecular flexibility index (Phi) is 14.3. The third-order valence-electron chi connectivity index (χ3n) is 11.2.